The van der Waals surface area contributed by atoms with E-state index in [4.69, 9.17) is 4.74 Å². The van der Waals surface area contributed by atoms with E-state index in [2.05, 4.69) is 15.6 Å². The predicted octanol–water partition coefficient (Wildman–Crippen LogP) is 3.40. The summed E-state index contributed by atoms with van der Waals surface area (Å²) in [4.78, 5) is 47.3. The maximum Gasteiger partial charge on any atom is 0.274 e. The van der Waals surface area contributed by atoms with E-state index >= 15 is 0 Å². The third-order valence-electron chi connectivity index (χ3n) is 8.14. The Morgan fingerprint density at radius 1 is 1.02 bits per heavy atom. The van der Waals surface area contributed by atoms with Crippen LogP contribution in [0, 0.1) is 0 Å². The minimum atomic E-state index is -0.299. The summed E-state index contributed by atoms with van der Waals surface area (Å²) in [5.74, 6) is 0.179. The van der Waals surface area contributed by atoms with Crippen LogP contribution in [0.4, 0.5) is 22.9 Å². The van der Waals surface area contributed by atoms with Crippen LogP contribution in [0.25, 0.3) is 11.1 Å². The molecule has 2 amide bonds. The summed E-state index contributed by atoms with van der Waals surface area (Å²) in [6.07, 6.45) is 3.88. The number of rotatable bonds is 7. The first-order valence-corrected chi connectivity index (χ1v) is 14.5. The van der Waals surface area contributed by atoms with E-state index in [9.17, 15) is 19.5 Å². The van der Waals surface area contributed by atoms with E-state index in [1.807, 2.05) is 43.4 Å². The lowest BCUT2D eigenvalue weighted by Gasteiger charge is -2.31. The Morgan fingerprint density at radius 3 is 2.57 bits per heavy atom. The number of hydrogen-bond acceptors (Lipinski definition) is 8. The molecule has 11 nitrogen and oxygen atoms in total. The molecule has 1 fully saturated rings. The number of ether oxygens (including phenoxy) is 1. The zero-order valence-electron chi connectivity index (χ0n) is 24.7. The molecule has 0 atom stereocenters. The molecule has 44 heavy (non-hydrogen) atoms. The Kier molecular flexibility index (Phi) is 8.14. The lowest BCUT2D eigenvalue weighted by Crippen LogP contribution is -2.40. The van der Waals surface area contributed by atoms with Crippen LogP contribution >= 0.6 is 0 Å². The predicted molar refractivity (Wildman–Crippen MR) is 169 cm³/mol. The molecular weight excluding hydrogens is 560 g/mol. The van der Waals surface area contributed by atoms with Gasteiger partial charge in [0.1, 0.15) is 11.5 Å². The van der Waals surface area contributed by atoms with E-state index < -0.39 is 0 Å². The molecule has 4 heterocycles. The molecule has 0 unspecified atom stereocenters. The number of benzene rings is 2. The van der Waals surface area contributed by atoms with Gasteiger partial charge in [-0.1, -0.05) is 12.1 Å². The number of morpholine rings is 1. The van der Waals surface area contributed by atoms with Gasteiger partial charge in [0.25, 0.3) is 17.4 Å². The van der Waals surface area contributed by atoms with Crippen molar-refractivity contribution in [2.75, 3.05) is 55.4 Å². The number of carbonyl (C=O) groups is 2. The van der Waals surface area contributed by atoms with Crippen molar-refractivity contribution in [3.63, 3.8) is 0 Å². The molecule has 4 aromatic rings. The molecule has 0 radical (unpaired) electrons. The van der Waals surface area contributed by atoms with Crippen LogP contribution in [0.5, 0.6) is 0 Å². The van der Waals surface area contributed by atoms with E-state index in [-0.39, 0.29) is 29.7 Å². The number of hydrogen-bond donors (Lipinski definition) is 3. The summed E-state index contributed by atoms with van der Waals surface area (Å²) in [5, 5.41) is 16.8. The molecule has 226 valence electrons. The number of carbonyl (C=O) groups excluding carboxylic acids is 2. The smallest absolute Gasteiger partial charge is 0.274 e. The molecule has 0 aliphatic carbocycles. The van der Waals surface area contributed by atoms with Gasteiger partial charge in [-0.25, -0.2) is 4.98 Å². The summed E-state index contributed by atoms with van der Waals surface area (Å²) in [5.41, 5.74) is 5.65. The van der Waals surface area contributed by atoms with E-state index in [0.29, 0.717) is 78.6 Å². The van der Waals surface area contributed by atoms with Gasteiger partial charge in [-0.3, -0.25) is 14.4 Å². The Labute approximate surface area is 254 Å². The van der Waals surface area contributed by atoms with Gasteiger partial charge in [-0.2, -0.15) is 0 Å². The molecular formula is C33H34N6O5. The molecule has 11 heteroatoms. The van der Waals surface area contributed by atoms with Gasteiger partial charge < -0.3 is 34.8 Å². The van der Waals surface area contributed by atoms with Gasteiger partial charge in [-0.05, 0) is 60.0 Å². The molecule has 2 aliphatic rings. The Balaban J connectivity index is 1.29. The topological polar surface area (TPSA) is 129 Å². The fourth-order valence-electron chi connectivity index (χ4n) is 5.77. The fraction of sp³-hybridized carbons (Fsp3) is 0.273. The van der Waals surface area contributed by atoms with Crippen molar-refractivity contribution in [3.8, 4) is 11.1 Å². The fourth-order valence-corrected chi connectivity index (χ4v) is 5.77. The van der Waals surface area contributed by atoms with Crippen LogP contribution in [-0.4, -0.2) is 71.3 Å². The van der Waals surface area contributed by atoms with E-state index in [0.717, 1.165) is 11.3 Å². The van der Waals surface area contributed by atoms with Gasteiger partial charge in [0.15, 0.2) is 0 Å². The molecule has 6 rings (SSSR count). The number of anilines is 4. The first-order chi connectivity index (χ1) is 21.4. The molecule has 0 saturated carbocycles. The van der Waals surface area contributed by atoms with Crippen LogP contribution in [0.1, 0.15) is 31.8 Å². The van der Waals surface area contributed by atoms with Crippen LogP contribution in [0.3, 0.4) is 0 Å². The van der Waals surface area contributed by atoms with E-state index in [1.54, 1.807) is 41.2 Å². The standard InChI is InChI=1S/C33H34N6O5/c1-34-24-7-8-26-21(16-24)10-11-39(32(26)42)29-5-3-4-25(27(29)20-40)23-17-28(33(43)37(2)19-23)36-30-9-6-22(18-35-30)31(41)38-12-14-44-15-13-38/h3-9,16-19,34,40H,10-15,20H2,1-2H3,(H,35,36). The highest BCUT2D eigenvalue weighted by atomic mass is 16.5. The second-order valence-electron chi connectivity index (χ2n) is 10.8. The third kappa shape index (κ3) is 5.54. The van der Waals surface area contributed by atoms with Crippen molar-refractivity contribution in [2.24, 2.45) is 7.05 Å². The third-order valence-corrected chi connectivity index (χ3v) is 8.14. The summed E-state index contributed by atoms with van der Waals surface area (Å²) >= 11 is 0. The van der Waals surface area contributed by atoms with Crippen LogP contribution in [0.15, 0.2) is 71.8 Å². The lowest BCUT2D eigenvalue weighted by molar-refractivity contribution is 0.0302. The number of fused-ring (bicyclic) bond motifs is 1. The summed E-state index contributed by atoms with van der Waals surface area (Å²) < 4.78 is 6.79. The van der Waals surface area contributed by atoms with Crippen molar-refractivity contribution in [2.45, 2.75) is 13.0 Å². The van der Waals surface area contributed by atoms with Crippen molar-refractivity contribution < 1.29 is 19.4 Å². The highest BCUT2D eigenvalue weighted by Gasteiger charge is 2.28. The van der Waals surface area contributed by atoms with Crippen molar-refractivity contribution in [1.29, 1.82) is 0 Å². The number of pyridine rings is 2. The quantitative estimate of drug-likeness (QED) is 0.297. The number of aryl methyl sites for hydroxylation is 1. The average Bonchev–Trinajstić information content (AvgIpc) is 3.06. The monoisotopic (exact) mass is 594 g/mol. The SMILES string of the molecule is CNc1ccc2c(c1)CCN(c1cccc(-c3cc(Nc4ccc(C(=O)N5CCOCC5)cn4)c(=O)n(C)c3)c1CO)C2=O. The van der Waals surface area contributed by atoms with Crippen molar-refractivity contribution in [3.05, 3.63) is 99.6 Å². The molecule has 0 spiro atoms. The van der Waals surface area contributed by atoms with E-state index in [1.165, 1.54) is 10.8 Å². The van der Waals surface area contributed by atoms with Crippen LogP contribution < -0.4 is 21.1 Å². The summed E-state index contributed by atoms with van der Waals surface area (Å²) in [6, 6.07) is 16.3. The molecule has 2 aliphatic heterocycles. The zero-order chi connectivity index (χ0) is 30.8. The minimum Gasteiger partial charge on any atom is -0.392 e. The molecule has 0 bridgehead atoms. The second kappa shape index (κ2) is 12.3. The Morgan fingerprint density at radius 2 is 1.84 bits per heavy atom. The molecule has 2 aromatic carbocycles. The first-order valence-electron chi connectivity index (χ1n) is 14.5. The lowest BCUT2D eigenvalue weighted by atomic mass is 9.94. The van der Waals surface area contributed by atoms with Gasteiger partial charge in [0.05, 0.1) is 31.1 Å². The van der Waals surface area contributed by atoms with Gasteiger partial charge >= 0.3 is 0 Å². The van der Waals surface area contributed by atoms with Gasteiger partial charge in [-0.15, -0.1) is 0 Å². The molecule has 3 N–H and O–H groups in total. The number of amides is 2. The Bertz CT molecular complexity index is 1780. The molecule has 1 saturated heterocycles. The van der Waals surface area contributed by atoms with Crippen molar-refractivity contribution >= 4 is 34.7 Å². The largest absolute Gasteiger partial charge is 0.392 e. The highest BCUT2D eigenvalue weighted by molar-refractivity contribution is 6.09. The number of aromatic nitrogens is 2. The number of aliphatic hydroxyl groups excluding tert-OH is 1. The second-order valence-corrected chi connectivity index (χ2v) is 10.8. The average molecular weight is 595 g/mol. The zero-order valence-corrected chi connectivity index (χ0v) is 24.7. The van der Waals surface area contributed by atoms with Gasteiger partial charge in [0.2, 0.25) is 0 Å². The number of aliphatic hydroxyl groups is 1. The minimum absolute atomic E-state index is 0.111. The van der Waals surface area contributed by atoms with Crippen LogP contribution in [0.2, 0.25) is 0 Å². The first kappa shape index (κ1) is 29.1. The normalized spacial score (nSPS) is 14.8. The maximum atomic E-state index is 13.6. The number of nitrogens with zero attached hydrogens (tertiary/aromatic N) is 4. The summed E-state index contributed by atoms with van der Waals surface area (Å²) in [7, 11) is 3.50. The number of nitrogens with one attached hydrogen (secondary N) is 2. The Hall–Kier alpha value is -5.00. The molecule has 2 aromatic heterocycles. The van der Waals surface area contributed by atoms with Crippen LogP contribution in [-0.2, 0) is 24.8 Å². The van der Waals surface area contributed by atoms with Gasteiger partial charge in [0, 0.05) is 68.5 Å². The summed E-state index contributed by atoms with van der Waals surface area (Å²) in [6.45, 7) is 2.28. The highest BCUT2D eigenvalue weighted by Crippen LogP contribution is 2.35. The van der Waals surface area contributed by atoms with Crippen molar-refractivity contribution in [1.82, 2.24) is 14.5 Å². The maximum absolute atomic E-state index is 13.6.